The largest absolute Gasteiger partial charge is 0.388 e. The first kappa shape index (κ1) is 11.4. The van der Waals surface area contributed by atoms with Crippen LogP contribution in [0.5, 0.6) is 0 Å². The van der Waals surface area contributed by atoms with E-state index in [1.54, 1.807) is 0 Å². The second kappa shape index (κ2) is 4.81. The van der Waals surface area contributed by atoms with E-state index in [4.69, 9.17) is 0 Å². The summed E-state index contributed by atoms with van der Waals surface area (Å²) in [7, 11) is 0. The van der Waals surface area contributed by atoms with Crippen molar-refractivity contribution in [2.75, 3.05) is 19.6 Å². The van der Waals surface area contributed by atoms with Crippen LogP contribution in [0.15, 0.2) is 0 Å². The van der Waals surface area contributed by atoms with Gasteiger partial charge in [-0.1, -0.05) is 6.42 Å². The lowest BCUT2D eigenvalue weighted by molar-refractivity contribution is -0.0493. The minimum absolute atomic E-state index is 0.302. The lowest BCUT2D eigenvalue weighted by atomic mass is 9.76. The van der Waals surface area contributed by atoms with Gasteiger partial charge in [0.05, 0.1) is 5.60 Å². The number of aliphatic hydroxyl groups is 1. The number of nitrogens with one attached hydrogen (secondary N) is 2. The molecule has 88 valence electrons. The van der Waals surface area contributed by atoms with E-state index in [1.165, 1.54) is 19.3 Å². The van der Waals surface area contributed by atoms with Gasteiger partial charge in [-0.05, 0) is 45.7 Å². The minimum atomic E-state index is -0.534. The fraction of sp³-hybridized carbons (Fsp3) is 1.00. The SMILES string of the molecule is CC(O)(C1CCCNC1)C1CCCCN1. The number of rotatable bonds is 2. The first-order valence-electron chi connectivity index (χ1n) is 6.38. The maximum Gasteiger partial charge on any atom is 0.0812 e. The minimum Gasteiger partial charge on any atom is -0.388 e. The summed E-state index contributed by atoms with van der Waals surface area (Å²) in [6.45, 7) is 5.18. The molecule has 2 aliphatic rings. The molecular formula is C12H24N2O. The van der Waals surface area contributed by atoms with E-state index in [2.05, 4.69) is 10.6 Å². The van der Waals surface area contributed by atoms with Crippen LogP contribution >= 0.6 is 0 Å². The Bertz CT molecular complexity index is 174. The maximum absolute atomic E-state index is 10.7. The van der Waals surface area contributed by atoms with Crippen LogP contribution in [-0.2, 0) is 0 Å². The number of hydrogen-bond acceptors (Lipinski definition) is 3. The monoisotopic (exact) mass is 212 g/mol. The van der Waals surface area contributed by atoms with Gasteiger partial charge in [-0.15, -0.1) is 0 Å². The van der Waals surface area contributed by atoms with E-state index in [-0.39, 0.29) is 0 Å². The molecule has 0 spiro atoms. The lowest BCUT2D eigenvalue weighted by Gasteiger charge is -2.43. The quantitative estimate of drug-likeness (QED) is 0.636. The van der Waals surface area contributed by atoms with Crippen LogP contribution in [0.2, 0.25) is 0 Å². The molecule has 3 heteroatoms. The highest BCUT2D eigenvalue weighted by Crippen LogP contribution is 2.30. The van der Waals surface area contributed by atoms with E-state index < -0.39 is 5.60 Å². The molecule has 2 fully saturated rings. The highest BCUT2D eigenvalue weighted by molar-refractivity contribution is 4.96. The van der Waals surface area contributed by atoms with Crippen LogP contribution in [0.3, 0.4) is 0 Å². The van der Waals surface area contributed by atoms with Crippen molar-refractivity contribution in [2.24, 2.45) is 5.92 Å². The van der Waals surface area contributed by atoms with Crippen LogP contribution < -0.4 is 10.6 Å². The molecule has 2 heterocycles. The zero-order chi connectivity index (χ0) is 10.7. The Morgan fingerprint density at radius 3 is 2.60 bits per heavy atom. The summed E-state index contributed by atoms with van der Waals surface area (Å²) < 4.78 is 0. The van der Waals surface area contributed by atoms with Gasteiger partial charge in [0.2, 0.25) is 0 Å². The van der Waals surface area contributed by atoms with E-state index in [0.29, 0.717) is 12.0 Å². The molecule has 0 amide bonds. The first-order valence-corrected chi connectivity index (χ1v) is 6.38. The molecule has 3 atom stereocenters. The lowest BCUT2D eigenvalue weighted by Crippen LogP contribution is -2.58. The smallest absolute Gasteiger partial charge is 0.0812 e. The molecule has 3 N–H and O–H groups in total. The Morgan fingerprint density at radius 1 is 1.13 bits per heavy atom. The van der Waals surface area contributed by atoms with E-state index in [1.807, 2.05) is 6.92 Å². The number of piperidine rings is 2. The van der Waals surface area contributed by atoms with Crippen molar-refractivity contribution in [2.45, 2.75) is 50.7 Å². The van der Waals surface area contributed by atoms with Crippen LogP contribution in [-0.4, -0.2) is 36.4 Å². The molecule has 2 saturated heterocycles. The summed E-state index contributed by atoms with van der Waals surface area (Å²) in [5.41, 5.74) is -0.534. The van der Waals surface area contributed by atoms with Gasteiger partial charge in [0.15, 0.2) is 0 Å². The van der Waals surface area contributed by atoms with Crippen LogP contribution in [0.25, 0.3) is 0 Å². The predicted octanol–water partition coefficient (Wildman–Crippen LogP) is 0.879. The topological polar surface area (TPSA) is 44.3 Å². The zero-order valence-electron chi connectivity index (χ0n) is 9.76. The third-order valence-electron chi connectivity index (χ3n) is 4.14. The van der Waals surface area contributed by atoms with Gasteiger partial charge in [-0.3, -0.25) is 0 Å². The highest BCUT2D eigenvalue weighted by Gasteiger charge is 2.40. The molecule has 0 radical (unpaired) electrons. The van der Waals surface area contributed by atoms with Gasteiger partial charge in [0, 0.05) is 18.5 Å². The first-order chi connectivity index (χ1) is 7.21. The average Bonchev–Trinajstić information content (AvgIpc) is 2.31. The third kappa shape index (κ3) is 2.52. The molecule has 0 aromatic carbocycles. The molecule has 0 bridgehead atoms. The predicted molar refractivity (Wildman–Crippen MR) is 61.9 cm³/mol. The molecule has 0 aliphatic carbocycles. The van der Waals surface area contributed by atoms with E-state index in [9.17, 15) is 5.11 Å². The van der Waals surface area contributed by atoms with Crippen molar-refractivity contribution in [1.29, 1.82) is 0 Å². The van der Waals surface area contributed by atoms with Crippen LogP contribution in [0.4, 0.5) is 0 Å². The Balaban J connectivity index is 1.96. The molecule has 15 heavy (non-hydrogen) atoms. The fourth-order valence-corrected chi connectivity index (χ4v) is 2.99. The molecule has 3 unspecified atom stereocenters. The van der Waals surface area contributed by atoms with Gasteiger partial charge < -0.3 is 15.7 Å². The second-order valence-electron chi connectivity index (χ2n) is 5.27. The summed E-state index contributed by atoms with van der Waals surface area (Å²) >= 11 is 0. The summed E-state index contributed by atoms with van der Waals surface area (Å²) in [5, 5.41) is 17.5. The standard InChI is InChI=1S/C12H24N2O/c1-12(15,10-5-4-7-13-9-10)11-6-2-3-8-14-11/h10-11,13-15H,2-9H2,1H3. The summed E-state index contributed by atoms with van der Waals surface area (Å²) in [4.78, 5) is 0. The molecule has 2 aliphatic heterocycles. The van der Waals surface area contributed by atoms with Crippen LogP contribution in [0.1, 0.15) is 39.0 Å². The molecular weight excluding hydrogens is 188 g/mol. The van der Waals surface area contributed by atoms with E-state index >= 15 is 0 Å². The molecule has 3 nitrogen and oxygen atoms in total. The Labute approximate surface area is 92.6 Å². The fourth-order valence-electron chi connectivity index (χ4n) is 2.99. The normalized spacial score (nSPS) is 37.2. The number of hydrogen-bond donors (Lipinski definition) is 3. The molecule has 0 saturated carbocycles. The van der Waals surface area contributed by atoms with Crippen LogP contribution in [0, 0.1) is 5.92 Å². The second-order valence-corrected chi connectivity index (χ2v) is 5.27. The summed E-state index contributed by atoms with van der Waals surface area (Å²) in [6, 6.07) is 0.302. The van der Waals surface area contributed by atoms with Crippen molar-refractivity contribution >= 4 is 0 Å². The zero-order valence-corrected chi connectivity index (χ0v) is 9.76. The van der Waals surface area contributed by atoms with Crippen molar-refractivity contribution in [3.05, 3.63) is 0 Å². The Hall–Kier alpha value is -0.120. The summed E-state index contributed by atoms with van der Waals surface area (Å²) in [5.74, 6) is 0.418. The van der Waals surface area contributed by atoms with Crippen molar-refractivity contribution in [3.8, 4) is 0 Å². The van der Waals surface area contributed by atoms with Gasteiger partial charge in [-0.2, -0.15) is 0 Å². The van der Waals surface area contributed by atoms with E-state index in [0.717, 1.165) is 32.5 Å². The highest BCUT2D eigenvalue weighted by atomic mass is 16.3. The Kier molecular flexibility index (Phi) is 3.65. The molecule has 0 aromatic heterocycles. The van der Waals surface area contributed by atoms with Gasteiger partial charge >= 0.3 is 0 Å². The summed E-state index contributed by atoms with van der Waals surface area (Å²) in [6.07, 6.45) is 6.01. The van der Waals surface area contributed by atoms with Gasteiger partial charge in [0.25, 0.3) is 0 Å². The third-order valence-corrected chi connectivity index (χ3v) is 4.14. The van der Waals surface area contributed by atoms with Crippen molar-refractivity contribution in [3.63, 3.8) is 0 Å². The average molecular weight is 212 g/mol. The Morgan fingerprint density at radius 2 is 2.00 bits per heavy atom. The molecule has 2 rings (SSSR count). The van der Waals surface area contributed by atoms with Gasteiger partial charge in [0.1, 0.15) is 0 Å². The molecule has 0 aromatic rings. The maximum atomic E-state index is 10.7. The van der Waals surface area contributed by atoms with Gasteiger partial charge in [-0.25, -0.2) is 0 Å². The van der Waals surface area contributed by atoms with Crippen molar-refractivity contribution < 1.29 is 5.11 Å². The van der Waals surface area contributed by atoms with Crippen molar-refractivity contribution in [1.82, 2.24) is 10.6 Å².